The Morgan fingerprint density at radius 1 is 1.27 bits per heavy atom. The number of thiazole rings is 1. The van der Waals surface area contributed by atoms with Crippen LogP contribution in [0, 0.1) is 10.1 Å². The molecular formula is C20H19N3O5S2. The number of hydrogen-bond acceptors (Lipinski definition) is 6. The topological polar surface area (TPSA) is 112 Å². The smallest absolute Gasteiger partial charge is 0.270 e. The van der Waals surface area contributed by atoms with Gasteiger partial charge in [-0.15, -0.1) is 6.58 Å². The highest BCUT2D eigenvalue weighted by molar-refractivity contribution is 7.91. The molecule has 2 aromatic carbocycles. The molecule has 0 aliphatic rings. The number of hydrogen-bond donors (Lipinski definition) is 0. The first-order valence-corrected chi connectivity index (χ1v) is 11.5. The summed E-state index contributed by atoms with van der Waals surface area (Å²) >= 11 is 1.19. The van der Waals surface area contributed by atoms with E-state index in [4.69, 9.17) is 0 Å². The number of nitro benzene ring substituents is 1. The second-order valence-electron chi connectivity index (χ2n) is 6.42. The predicted octanol–water partition coefficient (Wildman–Crippen LogP) is 3.26. The Labute approximate surface area is 176 Å². The van der Waals surface area contributed by atoms with Gasteiger partial charge in [0, 0.05) is 18.7 Å². The van der Waals surface area contributed by atoms with Crippen LogP contribution in [0.5, 0.6) is 0 Å². The number of aromatic nitrogens is 1. The summed E-state index contributed by atoms with van der Waals surface area (Å²) in [6.45, 7) is 5.68. The molecule has 1 heterocycles. The highest BCUT2D eigenvalue weighted by atomic mass is 32.2. The molecule has 1 aromatic heterocycles. The van der Waals surface area contributed by atoms with E-state index in [0.717, 1.165) is 5.52 Å². The van der Waals surface area contributed by atoms with Gasteiger partial charge in [0.05, 0.1) is 32.2 Å². The first kappa shape index (κ1) is 21.6. The minimum absolute atomic E-state index is 0.00795. The lowest BCUT2D eigenvalue weighted by molar-refractivity contribution is -0.384. The average molecular weight is 446 g/mol. The highest BCUT2D eigenvalue weighted by Gasteiger charge is 2.14. The normalized spacial score (nSPS) is 12.2. The lowest BCUT2D eigenvalue weighted by Crippen LogP contribution is -2.17. The average Bonchev–Trinajstić information content (AvgIpc) is 3.04. The maximum absolute atomic E-state index is 12.5. The Kier molecular flexibility index (Phi) is 6.28. The summed E-state index contributed by atoms with van der Waals surface area (Å²) < 4.78 is 26.2. The van der Waals surface area contributed by atoms with Gasteiger partial charge in [-0.3, -0.25) is 14.9 Å². The Bertz CT molecular complexity index is 1300. The maximum Gasteiger partial charge on any atom is 0.270 e. The van der Waals surface area contributed by atoms with Crippen LogP contribution in [0.2, 0.25) is 0 Å². The van der Waals surface area contributed by atoms with Crippen molar-refractivity contribution in [3.8, 4) is 0 Å². The molecule has 0 atom stereocenters. The number of nitro groups is 1. The lowest BCUT2D eigenvalue weighted by Gasteiger charge is -2.03. The summed E-state index contributed by atoms with van der Waals surface area (Å²) in [5, 5.41) is 11.0. The standard InChI is InChI=1S/C20H19N3O5S2/c1-3-11-22-17-10-7-15(23(25)26)13-18(17)29-20(22)21-19(24)12-14-5-8-16(9-6-14)30(27,28)4-2/h3,5-10,13H,1,4,11-12H2,2H3. The molecule has 3 aromatic rings. The Morgan fingerprint density at radius 3 is 2.57 bits per heavy atom. The van der Waals surface area contributed by atoms with Crippen molar-refractivity contribution in [1.82, 2.24) is 4.57 Å². The molecule has 156 valence electrons. The molecule has 0 saturated carbocycles. The summed E-state index contributed by atoms with van der Waals surface area (Å²) in [5.74, 6) is -0.395. The minimum Gasteiger partial charge on any atom is -0.312 e. The van der Waals surface area contributed by atoms with E-state index in [1.165, 1.54) is 35.6 Å². The van der Waals surface area contributed by atoms with E-state index in [0.29, 0.717) is 21.6 Å². The third-order valence-electron chi connectivity index (χ3n) is 4.43. The molecule has 30 heavy (non-hydrogen) atoms. The van der Waals surface area contributed by atoms with Gasteiger partial charge in [-0.2, -0.15) is 4.99 Å². The number of carbonyl (C=O) groups is 1. The zero-order chi connectivity index (χ0) is 21.9. The van der Waals surface area contributed by atoms with Crippen molar-refractivity contribution in [2.75, 3.05) is 5.75 Å². The van der Waals surface area contributed by atoms with Gasteiger partial charge in [-0.05, 0) is 23.8 Å². The third-order valence-corrected chi connectivity index (χ3v) is 7.22. The van der Waals surface area contributed by atoms with Crippen molar-refractivity contribution in [3.63, 3.8) is 0 Å². The van der Waals surface area contributed by atoms with Crippen molar-refractivity contribution in [2.24, 2.45) is 4.99 Å². The van der Waals surface area contributed by atoms with Gasteiger partial charge < -0.3 is 4.57 Å². The molecule has 0 N–H and O–H groups in total. The van der Waals surface area contributed by atoms with Crippen molar-refractivity contribution in [3.05, 3.63) is 75.6 Å². The molecule has 0 unspecified atom stereocenters. The largest absolute Gasteiger partial charge is 0.312 e. The van der Waals surface area contributed by atoms with Crippen LogP contribution in [-0.2, 0) is 27.6 Å². The fraction of sp³-hybridized carbons (Fsp3) is 0.200. The molecule has 1 amide bonds. The SMILES string of the molecule is C=CCn1c(=NC(=O)Cc2ccc(S(=O)(=O)CC)cc2)sc2cc([N+](=O)[O-])ccc21. The van der Waals surface area contributed by atoms with Crippen LogP contribution in [0.25, 0.3) is 10.2 Å². The van der Waals surface area contributed by atoms with Crippen LogP contribution < -0.4 is 4.80 Å². The molecule has 0 bridgehead atoms. The van der Waals surface area contributed by atoms with Crippen LogP contribution in [0.1, 0.15) is 12.5 Å². The van der Waals surface area contributed by atoms with E-state index >= 15 is 0 Å². The first-order valence-electron chi connectivity index (χ1n) is 9.03. The third kappa shape index (κ3) is 4.55. The fourth-order valence-electron chi connectivity index (χ4n) is 2.87. The predicted molar refractivity (Wildman–Crippen MR) is 115 cm³/mol. The minimum atomic E-state index is -3.30. The molecule has 0 spiro atoms. The second kappa shape index (κ2) is 8.72. The van der Waals surface area contributed by atoms with Crippen molar-refractivity contribution < 1.29 is 18.1 Å². The molecule has 0 saturated heterocycles. The number of allylic oxidation sites excluding steroid dienone is 1. The Balaban J connectivity index is 1.93. The number of nitrogens with zero attached hydrogens (tertiary/aromatic N) is 3. The monoisotopic (exact) mass is 445 g/mol. The Hall–Kier alpha value is -3.11. The van der Waals surface area contributed by atoms with Gasteiger partial charge in [0.1, 0.15) is 0 Å². The molecular weight excluding hydrogens is 426 g/mol. The second-order valence-corrected chi connectivity index (χ2v) is 9.71. The molecule has 0 fully saturated rings. The number of non-ortho nitro benzene ring substituents is 1. The van der Waals surface area contributed by atoms with Crippen LogP contribution in [0.3, 0.4) is 0 Å². The maximum atomic E-state index is 12.5. The van der Waals surface area contributed by atoms with E-state index < -0.39 is 20.7 Å². The summed E-state index contributed by atoms with van der Waals surface area (Å²) in [4.78, 5) is 27.9. The zero-order valence-corrected chi connectivity index (χ0v) is 17.8. The van der Waals surface area contributed by atoms with Crippen LogP contribution in [-0.4, -0.2) is 29.6 Å². The van der Waals surface area contributed by atoms with Gasteiger partial charge >= 0.3 is 0 Å². The van der Waals surface area contributed by atoms with Crippen molar-refractivity contribution >= 4 is 43.0 Å². The fourth-order valence-corrected chi connectivity index (χ4v) is 4.84. The molecule has 0 aliphatic heterocycles. The summed E-state index contributed by atoms with van der Waals surface area (Å²) in [5.41, 5.74) is 1.34. The van der Waals surface area contributed by atoms with E-state index in [1.807, 2.05) is 0 Å². The number of fused-ring (bicyclic) bond motifs is 1. The summed E-state index contributed by atoms with van der Waals surface area (Å²) in [7, 11) is -3.30. The van der Waals surface area contributed by atoms with Gasteiger partial charge in [0.15, 0.2) is 14.6 Å². The number of amides is 1. The molecule has 3 rings (SSSR count). The van der Waals surface area contributed by atoms with Crippen LogP contribution >= 0.6 is 11.3 Å². The van der Waals surface area contributed by atoms with Crippen LogP contribution in [0.15, 0.2) is 65.0 Å². The molecule has 8 nitrogen and oxygen atoms in total. The summed E-state index contributed by atoms with van der Waals surface area (Å²) in [6.07, 6.45) is 1.67. The lowest BCUT2D eigenvalue weighted by atomic mass is 10.1. The molecule has 0 aliphatic carbocycles. The van der Waals surface area contributed by atoms with Crippen molar-refractivity contribution in [1.29, 1.82) is 0 Å². The van der Waals surface area contributed by atoms with Gasteiger partial charge in [-0.1, -0.05) is 36.5 Å². The molecule has 0 radical (unpaired) electrons. The quantitative estimate of drug-likeness (QED) is 0.315. The Morgan fingerprint density at radius 2 is 1.97 bits per heavy atom. The van der Waals surface area contributed by atoms with E-state index in [-0.39, 0.29) is 22.8 Å². The van der Waals surface area contributed by atoms with E-state index in [9.17, 15) is 23.3 Å². The van der Waals surface area contributed by atoms with Gasteiger partial charge in [0.25, 0.3) is 11.6 Å². The van der Waals surface area contributed by atoms with Crippen molar-refractivity contribution in [2.45, 2.75) is 24.8 Å². The van der Waals surface area contributed by atoms with Crippen LogP contribution in [0.4, 0.5) is 5.69 Å². The van der Waals surface area contributed by atoms with Gasteiger partial charge in [-0.25, -0.2) is 8.42 Å². The van der Waals surface area contributed by atoms with E-state index in [2.05, 4.69) is 11.6 Å². The van der Waals surface area contributed by atoms with E-state index in [1.54, 1.807) is 35.8 Å². The number of benzene rings is 2. The number of rotatable bonds is 7. The first-order chi connectivity index (χ1) is 14.2. The highest BCUT2D eigenvalue weighted by Crippen LogP contribution is 2.23. The number of sulfone groups is 1. The number of carbonyl (C=O) groups excluding carboxylic acids is 1. The van der Waals surface area contributed by atoms with Gasteiger partial charge in [0.2, 0.25) is 0 Å². The zero-order valence-electron chi connectivity index (χ0n) is 16.1. The summed E-state index contributed by atoms with van der Waals surface area (Å²) in [6, 6.07) is 10.7. The molecule has 10 heteroatoms.